The van der Waals surface area contributed by atoms with Crippen LogP contribution in [0.4, 0.5) is 5.69 Å². The van der Waals surface area contributed by atoms with Gasteiger partial charge in [-0.15, -0.1) is 0 Å². The number of thioether (sulfide) groups is 1. The second kappa shape index (κ2) is 7.67. The van der Waals surface area contributed by atoms with Crippen LogP contribution in [0.25, 0.3) is 0 Å². The van der Waals surface area contributed by atoms with Gasteiger partial charge in [0.15, 0.2) is 5.17 Å². The van der Waals surface area contributed by atoms with Gasteiger partial charge in [0.1, 0.15) is 5.56 Å². The summed E-state index contributed by atoms with van der Waals surface area (Å²) in [6, 6.07) is 13.4. The highest BCUT2D eigenvalue weighted by Crippen LogP contribution is 2.25. The monoisotopic (exact) mass is 375 g/mol. The molecule has 1 heterocycles. The first-order valence-electron chi connectivity index (χ1n) is 7.53. The van der Waals surface area contributed by atoms with Crippen LogP contribution >= 0.6 is 23.4 Å². The number of benzene rings is 2. The summed E-state index contributed by atoms with van der Waals surface area (Å²) in [7, 11) is 0. The first-order valence-corrected chi connectivity index (χ1v) is 8.89. The van der Waals surface area contributed by atoms with Crippen molar-refractivity contribution in [2.45, 2.75) is 5.75 Å². The largest absolute Gasteiger partial charge is 0.285 e. The van der Waals surface area contributed by atoms with Crippen LogP contribution in [0, 0.1) is 10.1 Å². The van der Waals surface area contributed by atoms with Gasteiger partial charge in [0.2, 0.25) is 0 Å². The molecule has 6 nitrogen and oxygen atoms in total. The first kappa shape index (κ1) is 17.4. The molecule has 2 aromatic carbocycles. The lowest BCUT2D eigenvalue weighted by Gasteiger charge is -2.17. The fraction of sp³-hybridized carbons (Fsp3) is 0.176. The van der Waals surface area contributed by atoms with Crippen LogP contribution < -0.4 is 0 Å². The molecule has 0 radical (unpaired) electrons. The van der Waals surface area contributed by atoms with Gasteiger partial charge in [-0.05, 0) is 23.8 Å². The van der Waals surface area contributed by atoms with Gasteiger partial charge in [-0.3, -0.25) is 24.8 Å². The summed E-state index contributed by atoms with van der Waals surface area (Å²) in [6.07, 6.45) is 0. The molecule has 3 rings (SSSR count). The number of carbonyl (C=O) groups is 1. The van der Waals surface area contributed by atoms with Crippen molar-refractivity contribution >= 4 is 40.1 Å². The molecular formula is C17H14ClN3O3S. The van der Waals surface area contributed by atoms with Crippen molar-refractivity contribution < 1.29 is 9.72 Å². The van der Waals surface area contributed by atoms with Crippen molar-refractivity contribution in [3.05, 3.63) is 74.8 Å². The molecule has 0 unspecified atom stereocenters. The number of carbonyl (C=O) groups excluding carboxylic acids is 1. The number of halogens is 1. The molecule has 1 aliphatic rings. The quantitative estimate of drug-likeness (QED) is 0.598. The number of nitro groups is 1. The zero-order chi connectivity index (χ0) is 17.8. The van der Waals surface area contributed by atoms with E-state index in [0.29, 0.717) is 29.0 Å². The van der Waals surface area contributed by atoms with Crippen molar-refractivity contribution in [1.29, 1.82) is 0 Å². The normalized spacial score (nSPS) is 13.6. The van der Waals surface area contributed by atoms with Gasteiger partial charge in [0.25, 0.3) is 11.6 Å². The van der Waals surface area contributed by atoms with E-state index in [-0.39, 0.29) is 11.3 Å². The standard InChI is InChI=1S/C17H14ClN3O3S/c18-13-7-5-12(6-8-13)11-25-17-19-9-10-20(17)16(22)14-3-1-2-4-15(14)21(23)24/h1-8H,9-11H2. The fourth-order valence-electron chi connectivity index (χ4n) is 2.43. The molecule has 8 heteroatoms. The highest BCUT2D eigenvalue weighted by Gasteiger charge is 2.29. The maximum atomic E-state index is 12.7. The third kappa shape index (κ3) is 4.00. The Balaban J connectivity index is 1.74. The second-order valence-corrected chi connectivity index (χ2v) is 6.69. The summed E-state index contributed by atoms with van der Waals surface area (Å²) in [4.78, 5) is 29.2. The summed E-state index contributed by atoms with van der Waals surface area (Å²) >= 11 is 7.30. The van der Waals surface area contributed by atoms with Crippen LogP contribution in [-0.2, 0) is 5.75 Å². The van der Waals surface area contributed by atoms with E-state index in [2.05, 4.69) is 4.99 Å². The third-order valence-electron chi connectivity index (χ3n) is 3.66. The number of amidine groups is 1. The molecule has 1 amide bonds. The molecule has 0 fully saturated rings. The lowest BCUT2D eigenvalue weighted by molar-refractivity contribution is -0.385. The number of nitro benzene ring substituents is 1. The Morgan fingerprint density at radius 1 is 1.24 bits per heavy atom. The number of nitrogens with zero attached hydrogens (tertiary/aromatic N) is 3. The van der Waals surface area contributed by atoms with Gasteiger partial charge in [-0.2, -0.15) is 0 Å². The molecule has 0 spiro atoms. The number of para-hydroxylation sites is 1. The fourth-order valence-corrected chi connectivity index (χ4v) is 3.55. The van der Waals surface area contributed by atoms with Crippen LogP contribution in [0.2, 0.25) is 5.02 Å². The van der Waals surface area contributed by atoms with Crippen molar-refractivity contribution in [3.8, 4) is 0 Å². The Morgan fingerprint density at radius 2 is 1.96 bits per heavy atom. The SMILES string of the molecule is O=C(c1ccccc1[N+](=O)[O-])N1CCN=C1SCc1ccc(Cl)cc1. The van der Waals surface area contributed by atoms with Crippen LogP contribution in [0.5, 0.6) is 0 Å². The molecule has 0 aliphatic carbocycles. The Morgan fingerprint density at radius 3 is 2.68 bits per heavy atom. The molecule has 0 aromatic heterocycles. The van der Waals surface area contributed by atoms with E-state index in [4.69, 9.17) is 11.6 Å². The number of rotatable bonds is 4. The van der Waals surface area contributed by atoms with E-state index in [0.717, 1.165) is 5.56 Å². The molecule has 128 valence electrons. The molecule has 0 bridgehead atoms. The van der Waals surface area contributed by atoms with Gasteiger partial charge in [-0.1, -0.05) is 47.6 Å². The van der Waals surface area contributed by atoms with Gasteiger partial charge < -0.3 is 0 Å². The maximum absolute atomic E-state index is 12.7. The summed E-state index contributed by atoms with van der Waals surface area (Å²) in [5, 5.41) is 12.4. The van der Waals surface area contributed by atoms with Gasteiger partial charge in [0.05, 0.1) is 11.5 Å². The lowest BCUT2D eigenvalue weighted by atomic mass is 10.1. The molecule has 0 N–H and O–H groups in total. The van der Waals surface area contributed by atoms with Crippen LogP contribution in [-0.4, -0.2) is 34.0 Å². The first-order chi connectivity index (χ1) is 12.1. The third-order valence-corrected chi connectivity index (χ3v) is 5.00. The number of amides is 1. The lowest BCUT2D eigenvalue weighted by Crippen LogP contribution is -2.33. The molecule has 0 saturated carbocycles. The Labute approximate surface area is 153 Å². The van der Waals surface area contributed by atoms with Crippen LogP contribution in [0.1, 0.15) is 15.9 Å². The zero-order valence-corrected chi connectivity index (χ0v) is 14.7. The van der Waals surface area contributed by atoms with E-state index in [9.17, 15) is 14.9 Å². The molecular weight excluding hydrogens is 362 g/mol. The second-order valence-electron chi connectivity index (χ2n) is 5.31. The average Bonchev–Trinajstić information content (AvgIpc) is 3.09. The molecule has 2 aromatic rings. The number of aliphatic imine (C=N–C) groups is 1. The van der Waals surface area contributed by atoms with E-state index in [1.54, 1.807) is 12.1 Å². The number of hydrogen-bond acceptors (Lipinski definition) is 5. The molecule has 0 atom stereocenters. The minimum Gasteiger partial charge on any atom is -0.285 e. The minimum absolute atomic E-state index is 0.0780. The van der Waals surface area contributed by atoms with E-state index in [1.165, 1.54) is 28.8 Å². The van der Waals surface area contributed by atoms with Crippen molar-refractivity contribution in [1.82, 2.24) is 4.90 Å². The predicted molar refractivity (Wildman–Crippen MR) is 99.2 cm³/mol. The van der Waals surface area contributed by atoms with Gasteiger partial charge in [0, 0.05) is 23.4 Å². The van der Waals surface area contributed by atoms with E-state index in [1.807, 2.05) is 24.3 Å². The smallest absolute Gasteiger partial charge is 0.282 e. The van der Waals surface area contributed by atoms with Crippen molar-refractivity contribution in [3.63, 3.8) is 0 Å². The van der Waals surface area contributed by atoms with Crippen molar-refractivity contribution in [2.24, 2.45) is 4.99 Å². The highest BCUT2D eigenvalue weighted by molar-refractivity contribution is 8.13. The number of hydrogen-bond donors (Lipinski definition) is 0. The summed E-state index contributed by atoms with van der Waals surface area (Å²) in [5.41, 5.74) is 0.942. The average molecular weight is 376 g/mol. The Hall–Kier alpha value is -2.38. The Kier molecular flexibility index (Phi) is 5.35. The molecule has 1 aliphatic heterocycles. The van der Waals surface area contributed by atoms with Gasteiger partial charge in [-0.25, -0.2) is 0 Å². The van der Waals surface area contributed by atoms with Gasteiger partial charge >= 0.3 is 0 Å². The molecule has 25 heavy (non-hydrogen) atoms. The van der Waals surface area contributed by atoms with Crippen LogP contribution in [0.15, 0.2) is 53.5 Å². The van der Waals surface area contributed by atoms with Crippen molar-refractivity contribution in [2.75, 3.05) is 13.1 Å². The summed E-state index contributed by atoms with van der Waals surface area (Å²) in [6.45, 7) is 0.920. The summed E-state index contributed by atoms with van der Waals surface area (Å²) < 4.78 is 0. The topological polar surface area (TPSA) is 75.8 Å². The molecule has 0 saturated heterocycles. The summed E-state index contributed by atoms with van der Waals surface area (Å²) in [5.74, 6) is 0.239. The highest BCUT2D eigenvalue weighted by atomic mass is 35.5. The zero-order valence-electron chi connectivity index (χ0n) is 13.1. The maximum Gasteiger partial charge on any atom is 0.282 e. The van der Waals surface area contributed by atoms with E-state index >= 15 is 0 Å². The Bertz CT molecular complexity index is 839. The predicted octanol–water partition coefficient (Wildman–Crippen LogP) is 3.99. The van der Waals surface area contributed by atoms with Crippen LogP contribution in [0.3, 0.4) is 0 Å². The minimum atomic E-state index is -0.541. The van der Waals surface area contributed by atoms with E-state index < -0.39 is 10.8 Å².